The van der Waals surface area contributed by atoms with Crippen molar-refractivity contribution in [1.82, 2.24) is 25.5 Å². The Morgan fingerprint density at radius 2 is 2.06 bits per heavy atom. The van der Waals surface area contributed by atoms with Crippen LogP contribution in [0.5, 0.6) is 0 Å². The number of anilines is 2. The molecule has 0 spiro atoms. The van der Waals surface area contributed by atoms with Gasteiger partial charge in [0.1, 0.15) is 6.17 Å². The second kappa shape index (κ2) is 8.18. The van der Waals surface area contributed by atoms with Crippen LogP contribution in [0.15, 0.2) is 60.9 Å². The van der Waals surface area contributed by atoms with Gasteiger partial charge in [0.05, 0.1) is 24.0 Å². The lowest BCUT2D eigenvalue weighted by molar-refractivity contribution is -0.116. The van der Waals surface area contributed by atoms with Crippen molar-refractivity contribution < 1.29 is 13.6 Å². The first-order valence-corrected chi connectivity index (χ1v) is 10.0. The van der Waals surface area contributed by atoms with E-state index >= 15 is 0 Å². The topological polar surface area (TPSA) is 95.6 Å². The normalized spacial score (nSPS) is 17.6. The van der Waals surface area contributed by atoms with Crippen molar-refractivity contribution in [3.05, 3.63) is 72.3 Å². The van der Waals surface area contributed by atoms with Crippen molar-refractivity contribution in [3.8, 4) is 11.4 Å². The van der Waals surface area contributed by atoms with Gasteiger partial charge in [0.25, 0.3) is 0 Å². The highest BCUT2D eigenvalue weighted by Gasteiger charge is 2.38. The quantitative estimate of drug-likeness (QED) is 0.398. The Kier molecular flexibility index (Phi) is 5.06. The molecular weight excluding hydrogens is 414 g/mol. The number of hydrogen-bond donors (Lipinski definition) is 3. The average molecular weight is 432 g/mol. The van der Waals surface area contributed by atoms with Crippen molar-refractivity contribution in [2.75, 3.05) is 5.32 Å². The molecule has 3 N–H and O–H groups in total. The molecule has 5 rings (SSSR count). The van der Waals surface area contributed by atoms with E-state index in [1.807, 2.05) is 18.2 Å². The van der Waals surface area contributed by atoms with Crippen LogP contribution in [-0.4, -0.2) is 38.3 Å². The number of H-pyrrole nitrogens is 1. The van der Waals surface area contributed by atoms with Gasteiger partial charge in [-0.05, 0) is 35.9 Å². The zero-order valence-electron chi connectivity index (χ0n) is 16.7. The van der Waals surface area contributed by atoms with Crippen LogP contribution in [0.2, 0.25) is 0 Å². The third-order valence-corrected chi connectivity index (χ3v) is 5.06. The number of benzene rings is 2. The van der Waals surface area contributed by atoms with Gasteiger partial charge in [-0.1, -0.05) is 18.2 Å². The smallest absolute Gasteiger partial charge is 0.244 e. The molecule has 2 unspecified atom stereocenters. The van der Waals surface area contributed by atoms with Gasteiger partial charge in [-0.15, -0.1) is 0 Å². The predicted molar refractivity (Wildman–Crippen MR) is 117 cm³/mol. The fourth-order valence-electron chi connectivity index (χ4n) is 3.25. The summed E-state index contributed by atoms with van der Waals surface area (Å²) in [4.78, 5) is 20.3. The molecule has 0 saturated heterocycles. The van der Waals surface area contributed by atoms with Crippen LogP contribution in [0.4, 0.5) is 20.3 Å². The van der Waals surface area contributed by atoms with Crippen LogP contribution in [0, 0.1) is 5.82 Å². The van der Waals surface area contributed by atoms with Gasteiger partial charge in [0.15, 0.2) is 17.5 Å². The largest absolute Gasteiger partial charge is 0.347 e. The van der Waals surface area contributed by atoms with Crippen LogP contribution in [0.3, 0.4) is 0 Å². The van der Waals surface area contributed by atoms with Crippen LogP contribution < -0.4 is 10.6 Å². The molecule has 2 aromatic carbocycles. The van der Waals surface area contributed by atoms with Crippen molar-refractivity contribution >= 4 is 34.4 Å². The summed E-state index contributed by atoms with van der Waals surface area (Å²) in [5, 5.41) is 13.3. The van der Waals surface area contributed by atoms with Crippen molar-refractivity contribution in [1.29, 1.82) is 0 Å². The lowest BCUT2D eigenvalue weighted by atomic mass is 10.1. The van der Waals surface area contributed by atoms with Crippen molar-refractivity contribution in [2.24, 2.45) is 0 Å². The van der Waals surface area contributed by atoms with Gasteiger partial charge in [-0.25, -0.2) is 18.7 Å². The van der Waals surface area contributed by atoms with Crippen LogP contribution in [0.25, 0.3) is 28.4 Å². The maximum atomic E-state index is 14.4. The monoisotopic (exact) mass is 432 g/mol. The first-order valence-electron chi connectivity index (χ1n) is 10.0. The molecule has 160 valence electrons. The first-order chi connectivity index (χ1) is 15.5. The predicted octanol–water partition coefficient (Wildman–Crippen LogP) is 4.14. The minimum Gasteiger partial charge on any atom is -0.347 e. The number of rotatable bonds is 6. The molecule has 0 aliphatic heterocycles. The lowest BCUT2D eigenvalue weighted by Gasteiger charge is -2.09. The minimum absolute atomic E-state index is 0.0448. The van der Waals surface area contributed by atoms with E-state index in [0.29, 0.717) is 23.5 Å². The summed E-state index contributed by atoms with van der Waals surface area (Å²) in [6.07, 6.45) is 5.19. The van der Waals surface area contributed by atoms with E-state index in [2.05, 4.69) is 30.8 Å². The number of aromatic amines is 1. The summed E-state index contributed by atoms with van der Waals surface area (Å²) in [6, 6.07) is 12.3. The number of nitrogens with one attached hydrogen (secondary N) is 3. The number of amides is 1. The van der Waals surface area contributed by atoms with E-state index in [9.17, 15) is 13.6 Å². The molecular formula is C23H18F2N6O. The summed E-state index contributed by atoms with van der Waals surface area (Å²) >= 11 is 0. The zero-order valence-corrected chi connectivity index (χ0v) is 16.7. The van der Waals surface area contributed by atoms with E-state index in [4.69, 9.17) is 0 Å². The summed E-state index contributed by atoms with van der Waals surface area (Å²) in [5.41, 5.74) is 2.93. The summed E-state index contributed by atoms with van der Waals surface area (Å²) < 4.78 is 27.3. The Morgan fingerprint density at radius 3 is 2.91 bits per heavy atom. The molecule has 1 saturated carbocycles. The van der Waals surface area contributed by atoms with E-state index in [-0.39, 0.29) is 17.8 Å². The van der Waals surface area contributed by atoms with Gasteiger partial charge in [-0.3, -0.25) is 9.89 Å². The van der Waals surface area contributed by atoms with E-state index < -0.39 is 12.0 Å². The van der Waals surface area contributed by atoms with Gasteiger partial charge < -0.3 is 10.6 Å². The maximum Gasteiger partial charge on any atom is 0.244 e. The van der Waals surface area contributed by atoms with Gasteiger partial charge in [0.2, 0.25) is 5.91 Å². The number of carbonyl (C=O) groups is 1. The average Bonchev–Trinajstić information content (AvgIpc) is 3.28. The van der Waals surface area contributed by atoms with Gasteiger partial charge >= 0.3 is 0 Å². The number of alkyl halides is 1. The van der Waals surface area contributed by atoms with Crippen LogP contribution >= 0.6 is 0 Å². The molecule has 1 aliphatic carbocycles. The zero-order chi connectivity index (χ0) is 22.1. The number of hydrogen-bond acceptors (Lipinski definition) is 5. The van der Waals surface area contributed by atoms with Gasteiger partial charge in [-0.2, -0.15) is 5.10 Å². The molecule has 2 aromatic heterocycles. The number of carbonyl (C=O) groups excluding carboxylic acids is 1. The molecule has 2 atom stereocenters. The minimum atomic E-state index is -0.948. The highest BCUT2D eigenvalue weighted by atomic mass is 19.1. The Bertz CT molecular complexity index is 1340. The maximum absolute atomic E-state index is 14.4. The number of aromatic nitrogens is 4. The van der Waals surface area contributed by atoms with Crippen LogP contribution in [0.1, 0.15) is 12.0 Å². The highest BCUT2D eigenvalue weighted by molar-refractivity contribution is 5.92. The van der Waals surface area contributed by atoms with E-state index in [1.54, 1.807) is 36.5 Å². The molecule has 2 heterocycles. The summed E-state index contributed by atoms with van der Waals surface area (Å²) in [6.45, 7) is 0. The molecule has 1 amide bonds. The molecule has 4 aromatic rings. The fraction of sp³-hybridized carbons (Fsp3) is 0.130. The molecule has 1 fully saturated rings. The molecule has 32 heavy (non-hydrogen) atoms. The second-order valence-corrected chi connectivity index (χ2v) is 7.51. The Labute approximate surface area is 181 Å². The van der Waals surface area contributed by atoms with E-state index in [1.165, 1.54) is 6.08 Å². The molecule has 7 nitrogen and oxygen atoms in total. The Morgan fingerprint density at radius 1 is 1.19 bits per heavy atom. The lowest BCUT2D eigenvalue weighted by Crippen LogP contribution is -2.24. The van der Waals surface area contributed by atoms with Crippen molar-refractivity contribution in [3.63, 3.8) is 0 Å². The second-order valence-electron chi connectivity index (χ2n) is 7.51. The van der Waals surface area contributed by atoms with Crippen molar-refractivity contribution in [2.45, 2.75) is 18.6 Å². The molecule has 9 heteroatoms. The van der Waals surface area contributed by atoms with Gasteiger partial charge in [0, 0.05) is 29.1 Å². The molecule has 0 bridgehead atoms. The summed E-state index contributed by atoms with van der Waals surface area (Å²) in [5.74, 6) is -0.556. The highest BCUT2D eigenvalue weighted by Crippen LogP contribution is 2.26. The van der Waals surface area contributed by atoms with Crippen LogP contribution in [-0.2, 0) is 4.79 Å². The third-order valence-electron chi connectivity index (χ3n) is 5.06. The number of halogens is 2. The molecule has 1 aliphatic rings. The number of nitrogens with zero attached hydrogens (tertiary/aromatic N) is 3. The Hall–Kier alpha value is -4.14. The third kappa shape index (κ3) is 4.31. The first kappa shape index (κ1) is 19.8. The standard InChI is InChI=1S/C23H18F2N6O/c24-17-10-20(17)29-21(32)7-4-13-2-1-3-14(8-13)22-26-12-18(25)23(30-22)28-16-5-6-19-15(9-16)11-27-31-19/h1-9,11-12,17,20H,10H2,(H,27,31)(H,29,32)(H,26,28,30)/b7-4+. The fourth-order valence-corrected chi connectivity index (χ4v) is 3.25. The summed E-state index contributed by atoms with van der Waals surface area (Å²) in [7, 11) is 0. The van der Waals surface area contributed by atoms with E-state index in [0.717, 1.165) is 22.7 Å². The molecule has 0 radical (unpaired) electrons. The number of fused-ring (bicyclic) bond motifs is 1. The Balaban J connectivity index is 1.35. The SMILES string of the molecule is O=C(/C=C/c1cccc(-c2ncc(F)c(Nc3ccc4[nH]ncc4c3)n2)c1)NC1CC1F.